The van der Waals surface area contributed by atoms with Crippen molar-refractivity contribution in [1.82, 2.24) is 4.98 Å². The molecule has 0 aliphatic rings. The topological polar surface area (TPSA) is 54.0 Å². The lowest BCUT2D eigenvalue weighted by Gasteiger charge is -2.15. The van der Waals surface area contributed by atoms with Crippen LogP contribution in [0.1, 0.15) is 17.5 Å². The van der Waals surface area contributed by atoms with Crippen LogP contribution in [0.4, 0.5) is 11.4 Å². The van der Waals surface area contributed by atoms with Crippen molar-refractivity contribution < 1.29 is 4.79 Å². The summed E-state index contributed by atoms with van der Waals surface area (Å²) in [4.78, 5) is 16.8. The molecule has 1 atom stereocenters. The van der Waals surface area contributed by atoms with Crippen molar-refractivity contribution in [3.05, 3.63) is 64.5 Å². The number of nitrogens with one attached hydrogen (secondary N) is 2. The second-order valence-electron chi connectivity index (χ2n) is 6.05. The lowest BCUT2D eigenvalue weighted by Crippen LogP contribution is -2.31. The van der Waals surface area contributed by atoms with Gasteiger partial charge in [-0.2, -0.15) is 0 Å². The number of amides is 1. The van der Waals surface area contributed by atoms with Gasteiger partial charge in [-0.25, -0.2) is 4.98 Å². The third-order valence-electron chi connectivity index (χ3n) is 3.90. The Kier molecular flexibility index (Phi) is 5.14. The van der Waals surface area contributed by atoms with Crippen LogP contribution in [0, 0.1) is 13.8 Å². The molecule has 3 rings (SSSR count). The first-order valence-corrected chi connectivity index (χ1v) is 9.06. The molecule has 0 unspecified atom stereocenters. The van der Waals surface area contributed by atoms with Crippen molar-refractivity contribution in [1.29, 1.82) is 0 Å². The lowest BCUT2D eigenvalue weighted by molar-refractivity contribution is -0.116. The Morgan fingerprint density at radius 2 is 1.64 bits per heavy atom. The minimum Gasteiger partial charge on any atom is -0.374 e. The molecule has 0 saturated carbocycles. The van der Waals surface area contributed by atoms with Gasteiger partial charge in [0.2, 0.25) is 5.91 Å². The zero-order valence-electron chi connectivity index (χ0n) is 14.5. The van der Waals surface area contributed by atoms with Crippen molar-refractivity contribution in [3.8, 4) is 11.3 Å². The van der Waals surface area contributed by atoms with E-state index in [2.05, 4.69) is 21.0 Å². The standard InChI is InChI=1S/C20H21N3OS/c1-13-4-8-18(9-5-13)23-20(24)14(2)21-17-10-6-16(7-11-17)19-12-25-15(3)22-19/h4-12,14,21H,1-3H3,(H,23,24)/t14-/m1/s1. The highest BCUT2D eigenvalue weighted by Gasteiger charge is 2.13. The molecule has 2 aromatic carbocycles. The summed E-state index contributed by atoms with van der Waals surface area (Å²) >= 11 is 1.64. The average Bonchev–Trinajstić information content (AvgIpc) is 3.04. The first kappa shape index (κ1) is 17.2. The third-order valence-corrected chi connectivity index (χ3v) is 4.67. The van der Waals surface area contributed by atoms with Gasteiger partial charge in [0.15, 0.2) is 0 Å². The Hall–Kier alpha value is -2.66. The molecule has 0 radical (unpaired) electrons. The van der Waals surface area contributed by atoms with E-state index < -0.39 is 0 Å². The predicted octanol–water partition coefficient (Wildman–Crippen LogP) is 4.87. The smallest absolute Gasteiger partial charge is 0.246 e. The highest BCUT2D eigenvalue weighted by Crippen LogP contribution is 2.23. The Morgan fingerprint density at radius 1 is 1.00 bits per heavy atom. The summed E-state index contributed by atoms with van der Waals surface area (Å²) in [6.45, 7) is 5.87. The summed E-state index contributed by atoms with van der Waals surface area (Å²) < 4.78 is 0. The van der Waals surface area contributed by atoms with Gasteiger partial charge < -0.3 is 10.6 Å². The van der Waals surface area contributed by atoms with E-state index in [1.165, 1.54) is 5.56 Å². The number of aryl methyl sites for hydroxylation is 2. The van der Waals surface area contributed by atoms with Crippen LogP contribution in [-0.2, 0) is 4.79 Å². The van der Waals surface area contributed by atoms with Gasteiger partial charge in [0.05, 0.1) is 10.7 Å². The van der Waals surface area contributed by atoms with Gasteiger partial charge in [-0.05, 0) is 45.0 Å². The Balaban J connectivity index is 1.61. The second kappa shape index (κ2) is 7.49. The minimum absolute atomic E-state index is 0.0666. The van der Waals surface area contributed by atoms with Crippen LogP contribution in [0.15, 0.2) is 53.9 Å². The zero-order valence-corrected chi connectivity index (χ0v) is 15.4. The van der Waals surface area contributed by atoms with Gasteiger partial charge in [-0.3, -0.25) is 4.79 Å². The van der Waals surface area contributed by atoms with E-state index in [1.807, 2.05) is 69.3 Å². The SMILES string of the molecule is Cc1ccc(NC(=O)[C@@H](C)Nc2ccc(-c3csc(C)n3)cc2)cc1. The fourth-order valence-corrected chi connectivity index (χ4v) is 3.06. The number of hydrogen-bond acceptors (Lipinski definition) is 4. The third kappa shape index (κ3) is 4.45. The maximum atomic E-state index is 12.3. The highest BCUT2D eigenvalue weighted by molar-refractivity contribution is 7.09. The number of thiazole rings is 1. The van der Waals surface area contributed by atoms with Gasteiger partial charge in [0.25, 0.3) is 0 Å². The van der Waals surface area contributed by atoms with E-state index in [0.717, 1.165) is 27.6 Å². The van der Waals surface area contributed by atoms with Crippen molar-refractivity contribution >= 4 is 28.6 Å². The number of benzene rings is 2. The zero-order chi connectivity index (χ0) is 17.8. The second-order valence-corrected chi connectivity index (χ2v) is 7.11. The molecule has 1 amide bonds. The molecule has 5 heteroatoms. The molecule has 4 nitrogen and oxygen atoms in total. The number of hydrogen-bond donors (Lipinski definition) is 2. The quantitative estimate of drug-likeness (QED) is 0.690. The van der Waals surface area contributed by atoms with Crippen LogP contribution >= 0.6 is 11.3 Å². The summed E-state index contributed by atoms with van der Waals surface area (Å²) in [6.07, 6.45) is 0. The molecule has 0 bridgehead atoms. The highest BCUT2D eigenvalue weighted by atomic mass is 32.1. The van der Waals surface area contributed by atoms with E-state index in [4.69, 9.17) is 0 Å². The minimum atomic E-state index is -0.339. The van der Waals surface area contributed by atoms with Crippen molar-refractivity contribution in [2.24, 2.45) is 0 Å². The van der Waals surface area contributed by atoms with Crippen LogP contribution in [-0.4, -0.2) is 16.9 Å². The Bertz CT molecular complexity index is 853. The normalized spacial score (nSPS) is 11.8. The molecular weight excluding hydrogens is 330 g/mol. The van der Waals surface area contributed by atoms with E-state index in [0.29, 0.717) is 0 Å². The molecule has 0 aliphatic heterocycles. The van der Waals surface area contributed by atoms with Crippen LogP contribution < -0.4 is 10.6 Å². The molecule has 1 heterocycles. The van der Waals surface area contributed by atoms with Crippen LogP contribution in [0.2, 0.25) is 0 Å². The molecular formula is C20H21N3OS. The van der Waals surface area contributed by atoms with Crippen LogP contribution in [0.5, 0.6) is 0 Å². The van der Waals surface area contributed by atoms with Gasteiger partial charge >= 0.3 is 0 Å². The van der Waals surface area contributed by atoms with Gasteiger partial charge in [-0.15, -0.1) is 11.3 Å². The molecule has 0 saturated heterocycles. The average molecular weight is 351 g/mol. The molecule has 3 aromatic rings. The fraction of sp³-hybridized carbons (Fsp3) is 0.200. The molecule has 0 fully saturated rings. The first-order valence-electron chi connectivity index (χ1n) is 8.18. The van der Waals surface area contributed by atoms with Crippen molar-refractivity contribution in [3.63, 3.8) is 0 Å². The van der Waals surface area contributed by atoms with E-state index in [1.54, 1.807) is 11.3 Å². The molecule has 2 N–H and O–H groups in total. The maximum Gasteiger partial charge on any atom is 0.246 e. The summed E-state index contributed by atoms with van der Waals surface area (Å²) in [5, 5.41) is 9.25. The Labute approximate surface area is 151 Å². The monoisotopic (exact) mass is 351 g/mol. The molecule has 25 heavy (non-hydrogen) atoms. The van der Waals surface area contributed by atoms with Gasteiger partial charge in [-0.1, -0.05) is 29.8 Å². The maximum absolute atomic E-state index is 12.3. The summed E-state index contributed by atoms with van der Waals surface area (Å²) in [6, 6.07) is 15.4. The fourth-order valence-electron chi connectivity index (χ4n) is 2.44. The molecule has 1 aromatic heterocycles. The largest absolute Gasteiger partial charge is 0.374 e. The summed E-state index contributed by atoms with van der Waals surface area (Å²) in [5.41, 5.74) is 4.94. The van der Waals surface area contributed by atoms with Gasteiger partial charge in [0.1, 0.15) is 6.04 Å². The number of rotatable bonds is 5. The first-order chi connectivity index (χ1) is 12.0. The lowest BCUT2D eigenvalue weighted by atomic mass is 10.1. The number of aromatic nitrogens is 1. The molecule has 128 valence electrons. The summed E-state index contributed by atoms with van der Waals surface area (Å²) in [5.74, 6) is -0.0666. The van der Waals surface area contributed by atoms with Crippen molar-refractivity contribution in [2.75, 3.05) is 10.6 Å². The molecule has 0 aliphatic carbocycles. The van der Waals surface area contributed by atoms with E-state index >= 15 is 0 Å². The van der Waals surface area contributed by atoms with Gasteiger partial charge in [0, 0.05) is 22.3 Å². The Morgan fingerprint density at radius 3 is 2.24 bits per heavy atom. The predicted molar refractivity (Wildman–Crippen MR) is 105 cm³/mol. The van der Waals surface area contributed by atoms with E-state index in [9.17, 15) is 4.79 Å². The number of nitrogens with zero attached hydrogens (tertiary/aromatic N) is 1. The number of anilines is 2. The van der Waals surface area contributed by atoms with Crippen molar-refractivity contribution in [2.45, 2.75) is 26.8 Å². The van der Waals surface area contributed by atoms with E-state index in [-0.39, 0.29) is 11.9 Å². The summed E-state index contributed by atoms with van der Waals surface area (Å²) in [7, 11) is 0. The number of carbonyl (C=O) groups excluding carboxylic acids is 1. The van der Waals surface area contributed by atoms with Crippen LogP contribution in [0.25, 0.3) is 11.3 Å². The number of carbonyl (C=O) groups is 1. The van der Waals surface area contributed by atoms with Crippen LogP contribution in [0.3, 0.4) is 0 Å². The molecule has 0 spiro atoms.